The van der Waals surface area contributed by atoms with Crippen LogP contribution in [-0.2, 0) is 0 Å². The van der Waals surface area contributed by atoms with Gasteiger partial charge in [-0.15, -0.1) is 0 Å². The molecule has 1 heterocycles. The highest BCUT2D eigenvalue weighted by atomic mass is 35.5. The summed E-state index contributed by atoms with van der Waals surface area (Å²) in [6, 6.07) is 5.24. The molecule has 0 aliphatic carbocycles. The van der Waals surface area contributed by atoms with Gasteiger partial charge in [-0.2, -0.15) is 0 Å². The van der Waals surface area contributed by atoms with Gasteiger partial charge in [-0.3, -0.25) is 0 Å². The number of halogens is 2. The molecule has 3 unspecified atom stereocenters. The van der Waals surface area contributed by atoms with Crippen molar-refractivity contribution in [3.63, 3.8) is 0 Å². The molecule has 2 rings (SSSR count). The van der Waals surface area contributed by atoms with E-state index in [2.05, 4.69) is 12.2 Å². The summed E-state index contributed by atoms with van der Waals surface area (Å²) in [5.41, 5.74) is 0.682. The summed E-state index contributed by atoms with van der Waals surface area (Å²) in [5.74, 6) is -0.447. The number of benzene rings is 1. The molecule has 2 N–H and O–H groups in total. The minimum absolute atomic E-state index is 0.0662. The third-order valence-electron chi connectivity index (χ3n) is 3.55. The molecule has 3 atom stereocenters. The minimum Gasteiger partial charge on any atom is -0.388 e. The zero-order chi connectivity index (χ0) is 13.1. The number of piperidine rings is 1. The van der Waals surface area contributed by atoms with Crippen LogP contribution in [0, 0.1) is 5.82 Å². The number of nitrogens with one attached hydrogen (secondary N) is 1. The zero-order valence-corrected chi connectivity index (χ0v) is 11.3. The van der Waals surface area contributed by atoms with E-state index in [1.54, 1.807) is 6.07 Å². The standard InChI is InChI=1S/C14H19ClFNO/c1-9-3-2-4-11(17-9)8-14(18)10-5-6-13(16)12(15)7-10/h5-7,9,11,14,17-18H,2-4,8H2,1H3. The number of hydrogen-bond acceptors (Lipinski definition) is 2. The van der Waals surface area contributed by atoms with Crippen LogP contribution in [0.25, 0.3) is 0 Å². The molecule has 0 amide bonds. The van der Waals surface area contributed by atoms with Crippen LogP contribution in [-0.4, -0.2) is 17.2 Å². The van der Waals surface area contributed by atoms with Crippen LogP contribution < -0.4 is 5.32 Å². The molecule has 0 bridgehead atoms. The fraction of sp³-hybridized carbons (Fsp3) is 0.571. The van der Waals surface area contributed by atoms with Crippen LogP contribution >= 0.6 is 11.6 Å². The summed E-state index contributed by atoms with van der Waals surface area (Å²) in [6.07, 6.45) is 3.51. The molecule has 1 aliphatic rings. The summed E-state index contributed by atoms with van der Waals surface area (Å²) in [4.78, 5) is 0. The lowest BCUT2D eigenvalue weighted by atomic mass is 9.93. The monoisotopic (exact) mass is 271 g/mol. The molecular formula is C14H19ClFNO. The summed E-state index contributed by atoms with van der Waals surface area (Å²) >= 11 is 5.72. The van der Waals surface area contributed by atoms with E-state index < -0.39 is 11.9 Å². The van der Waals surface area contributed by atoms with E-state index in [4.69, 9.17) is 11.6 Å². The Balaban J connectivity index is 1.98. The molecule has 1 aromatic carbocycles. The minimum atomic E-state index is -0.592. The van der Waals surface area contributed by atoms with Crippen molar-refractivity contribution in [1.82, 2.24) is 5.32 Å². The van der Waals surface area contributed by atoms with E-state index in [-0.39, 0.29) is 5.02 Å². The smallest absolute Gasteiger partial charge is 0.141 e. The third-order valence-corrected chi connectivity index (χ3v) is 3.84. The van der Waals surface area contributed by atoms with Crippen molar-refractivity contribution in [2.45, 2.75) is 50.8 Å². The van der Waals surface area contributed by atoms with Crippen LogP contribution in [0.5, 0.6) is 0 Å². The van der Waals surface area contributed by atoms with Crippen molar-refractivity contribution in [3.05, 3.63) is 34.6 Å². The molecule has 0 aromatic heterocycles. The molecule has 0 spiro atoms. The molecule has 1 fully saturated rings. The quantitative estimate of drug-likeness (QED) is 0.883. The van der Waals surface area contributed by atoms with E-state index in [1.165, 1.54) is 25.0 Å². The van der Waals surface area contributed by atoms with Gasteiger partial charge in [0.1, 0.15) is 5.82 Å². The van der Waals surface area contributed by atoms with E-state index in [9.17, 15) is 9.50 Å². The van der Waals surface area contributed by atoms with Gasteiger partial charge in [-0.1, -0.05) is 24.1 Å². The number of hydrogen-bond donors (Lipinski definition) is 2. The Morgan fingerprint density at radius 1 is 1.50 bits per heavy atom. The fourth-order valence-corrected chi connectivity index (χ4v) is 2.74. The molecule has 18 heavy (non-hydrogen) atoms. The molecular weight excluding hydrogens is 253 g/mol. The molecule has 0 saturated carbocycles. The van der Waals surface area contributed by atoms with Gasteiger partial charge >= 0.3 is 0 Å². The predicted molar refractivity (Wildman–Crippen MR) is 71.2 cm³/mol. The maximum Gasteiger partial charge on any atom is 0.141 e. The van der Waals surface area contributed by atoms with Crippen molar-refractivity contribution in [2.75, 3.05) is 0 Å². The lowest BCUT2D eigenvalue weighted by Gasteiger charge is -2.30. The Kier molecular flexibility index (Phi) is 4.60. The summed E-state index contributed by atoms with van der Waals surface area (Å²) in [7, 11) is 0. The molecule has 1 aliphatic heterocycles. The first-order valence-electron chi connectivity index (χ1n) is 6.45. The predicted octanol–water partition coefficient (Wildman–Crippen LogP) is 3.43. The fourth-order valence-electron chi connectivity index (χ4n) is 2.55. The Labute approximate surface area is 112 Å². The molecule has 2 nitrogen and oxygen atoms in total. The van der Waals surface area contributed by atoms with Crippen LogP contribution in [0.1, 0.15) is 44.3 Å². The van der Waals surface area contributed by atoms with Gasteiger partial charge in [0.15, 0.2) is 0 Å². The first-order valence-corrected chi connectivity index (χ1v) is 6.83. The molecule has 4 heteroatoms. The van der Waals surface area contributed by atoms with Crippen LogP contribution in [0.3, 0.4) is 0 Å². The van der Waals surface area contributed by atoms with Gasteiger partial charge in [0.2, 0.25) is 0 Å². The number of aliphatic hydroxyl groups is 1. The van der Waals surface area contributed by atoms with E-state index in [0.717, 1.165) is 6.42 Å². The number of aliphatic hydroxyl groups excluding tert-OH is 1. The second-order valence-electron chi connectivity index (χ2n) is 5.12. The molecule has 1 aromatic rings. The van der Waals surface area contributed by atoms with Crippen molar-refractivity contribution in [2.24, 2.45) is 0 Å². The highest BCUT2D eigenvalue weighted by molar-refractivity contribution is 6.30. The molecule has 0 radical (unpaired) electrons. The Morgan fingerprint density at radius 3 is 2.94 bits per heavy atom. The lowest BCUT2D eigenvalue weighted by molar-refractivity contribution is 0.139. The van der Waals surface area contributed by atoms with Gasteiger partial charge in [-0.05, 0) is 43.9 Å². The Bertz CT molecular complexity index is 413. The first-order chi connectivity index (χ1) is 8.56. The van der Waals surface area contributed by atoms with Gasteiger partial charge in [0.05, 0.1) is 11.1 Å². The van der Waals surface area contributed by atoms with Gasteiger partial charge in [0, 0.05) is 12.1 Å². The van der Waals surface area contributed by atoms with Crippen molar-refractivity contribution >= 4 is 11.6 Å². The molecule has 100 valence electrons. The maximum atomic E-state index is 13.0. The average molecular weight is 272 g/mol. The maximum absolute atomic E-state index is 13.0. The highest BCUT2D eigenvalue weighted by Crippen LogP contribution is 2.26. The zero-order valence-electron chi connectivity index (χ0n) is 10.5. The largest absolute Gasteiger partial charge is 0.388 e. The topological polar surface area (TPSA) is 32.3 Å². The van der Waals surface area contributed by atoms with E-state index in [0.29, 0.717) is 24.1 Å². The third kappa shape index (κ3) is 3.44. The van der Waals surface area contributed by atoms with Crippen molar-refractivity contribution < 1.29 is 9.50 Å². The summed E-state index contributed by atoms with van der Waals surface area (Å²) in [6.45, 7) is 2.16. The summed E-state index contributed by atoms with van der Waals surface area (Å²) < 4.78 is 13.0. The normalized spacial score (nSPS) is 26.0. The molecule has 1 saturated heterocycles. The van der Waals surface area contributed by atoms with Gasteiger partial charge in [0.25, 0.3) is 0 Å². The van der Waals surface area contributed by atoms with Crippen molar-refractivity contribution in [1.29, 1.82) is 0 Å². The van der Waals surface area contributed by atoms with Crippen molar-refractivity contribution in [3.8, 4) is 0 Å². The van der Waals surface area contributed by atoms with E-state index >= 15 is 0 Å². The Hall–Kier alpha value is -0.640. The van der Waals surface area contributed by atoms with Crippen LogP contribution in [0.15, 0.2) is 18.2 Å². The van der Waals surface area contributed by atoms with Crippen LogP contribution in [0.4, 0.5) is 4.39 Å². The SMILES string of the molecule is CC1CCCC(CC(O)c2ccc(F)c(Cl)c2)N1. The van der Waals surface area contributed by atoms with Gasteiger partial charge in [-0.25, -0.2) is 4.39 Å². The lowest BCUT2D eigenvalue weighted by Crippen LogP contribution is -2.41. The highest BCUT2D eigenvalue weighted by Gasteiger charge is 2.21. The van der Waals surface area contributed by atoms with Gasteiger partial charge < -0.3 is 10.4 Å². The number of rotatable bonds is 3. The summed E-state index contributed by atoms with van der Waals surface area (Å²) in [5, 5.41) is 13.7. The second kappa shape index (κ2) is 6.00. The van der Waals surface area contributed by atoms with E-state index in [1.807, 2.05) is 0 Å². The average Bonchev–Trinajstić information content (AvgIpc) is 2.32. The van der Waals surface area contributed by atoms with Crippen LogP contribution in [0.2, 0.25) is 5.02 Å². The first kappa shape index (κ1) is 13.8. The second-order valence-corrected chi connectivity index (χ2v) is 5.53. The Morgan fingerprint density at radius 2 is 2.28 bits per heavy atom.